The van der Waals surface area contributed by atoms with Crippen LogP contribution in [0.3, 0.4) is 0 Å². The van der Waals surface area contributed by atoms with Crippen molar-refractivity contribution in [1.29, 1.82) is 0 Å². The Balaban J connectivity index is 2.15. The van der Waals surface area contributed by atoms with Crippen molar-refractivity contribution in [3.05, 3.63) is 40.2 Å². The minimum absolute atomic E-state index is 0.0907. The van der Waals surface area contributed by atoms with Crippen molar-refractivity contribution in [2.45, 2.75) is 13.0 Å². The summed E-state index contributed by atoms with van der Waals surface area (Å²) in [6.07, 6.45) is 3.72. The van der Waals surface area contributed by atoms with Crippen LogP contribution < -0.4 is 0 Å². The lowest BCUT2D eigenvalue weighted by atomic mass is 10.1. The Morgan fingerprint density at radius 1 is 1.41 bits per heavy atom. The third-order valence-electron chi connectivity index (χ3n) is 2.35. The lowest BCUT2D eigenvalue weighted by Gasteiger charge is -1.98. The van der Waals surface area contributed by atoms with Crippen LogP contribution >= 0.6 is 22.6 Å². The number of nitrogens with zero attached hydrogens (tertiary/aromatic N) is 2. The molecule has 0 saturated carbocycles. The number of halogens is 1. The SMILES string of the molecule is O=C(O)CCn1cc(-c2cccc(I)c2)cn1. The second kappa shape index (κ2) is 5.31. The molecular formula is C12H11IN2O2. The van der Waals surface area contributed by atoms with Gasteiger partial charge in [0.2, 0.25) is 0 Å². The molecule has 1 heterocycles. The summed E-state index contributed by atoms with van der Waals surface area (Å²) in [7, 11) is 0. The molecule has 0 bridgehead atoms. The molecule has 0 amide bonds. The van der Waals surface area contributed by atoms with Gasteiger partial charge in [0.25, 0.3) is 0 Å². The number of rotatable bonds is 4. The van der Waals surface area contributed by atoms with Gasteiger partial charge in [0, 0.05) is 15.3 Å². The van der Waals surface area contributed by atoms with Gasteiger partial charge in [-0.3, -0.25) is 9.48 Å². The summed E-state index contributed by atoms with van der Waals surface area (Å²) in [5.41, 5.74) is 2.10. The standard InChI is InChI=1S/C12H11IN2O2/c13-11-3-1-2-9(6-11)10-7-14-15(8-10)5-4-12(16)17/h1-3,6-8H,4-5H2,(H,16,17). The summed E-state index contributed by atoms with van der Waals surface area (Å²) in [4.78, 5) is 10.5. The van der Waals surface area contributed by atoms with E-state index in [-0.39, 0.29) is 6.42 Å². The van der Waals surface area contributed by atoms with Crippen LogP contribution in [0.5, 0.6) is 0 Å². The number of hydrogen-bond donors (Lipinski definition) is 1. The Morgan fingerprint density at radius 2 is 2.24 bits per heavy atom. The Morgan fingerprint density at radius 3 is 2.94 bits per heavy atom. The molecule has 1 aromatic heterocycles. The van der Waals surface area contributed by atoms with E-state index in [2.05, 4.69) is 33.8 Å². The number of carboxylic acids is 1. The molecule has 1 aromatic carbocycles. The van der Waals surface area contributed by atoms with E-state index in [1.54, 1.807) is 10.9 Å². The predicted molar refractivity (Wildman–Crippen MR) is 72.6 cm³/mol. The summed E-state index contributed by atoms with van der Waals surface area (Å²) >= 11 is 2.26. The van der Waals surface area contributed by atoms with Gasteiger partial charge < -0.3 is 5.11 Å². The van der Waals surface area contributed by atoms with Gasteiger partial charge in [-0.05, 0) is 40.3 Å². The van der Waals surface area contributed by atoms with E-state index in [1.165, 1.54) is 3.57 Å². The van der Waals surface area contributed by atoms with Gasteiger partial charge in [0.1, 0.15) is 0 Å². The maximum atomic E-state index is 10.5. The number of carboxylic acid groups (broad SMARTS) is 1. The van der Waals surface area contributed by atoms with Crippen molar-refractivity contribution in [1.82, 2.24) is 9.78 Å². The molecule has 0 aliphatic carbocycles. The van der Waals surface area contributed by atoms with E-state index in [0.29, 0.717) is 6.54 Å². The first-order chi connectivity index (χ1) is 8.15. The molecule has 17 heavy (non-hydrogen) atoms. The molecule has 0 saturated heterocycles. The van der Waals surface area contributed by atoms with Crippen molar-refractivity contribution >= 4 is 28.6 Å². The first-order valence-corrected chi connectivity index (χ1v) is 6.23. The molecule has 0 aliphatic heterocycles. The van der Waals surface area contributed by atoms with E-state index in [1.807, 2.05) is 24.4 Å². The van der Waals surface area contributed by atoms with E-state index in [9.17, 15) is 4.79 Å². The van der Waals surface area contributed by atoms with Gasteiger partial charge in [-0.1, -0.05) is 12.1 Å². The van der Waals surface area contributed by atoms with E-state index in [4.69, 9.17) is 5.11 Å². The molecule has 0 aliphatic rings. The Kier molecular flexibility index (Phi) is 3.78. The zero-order valence-electron chi connectivity index (χ0n) is 9.01. The minimum Gasteiger partial charge on any atom is -0.481 e. The second-order valence-corrected chi connectivity index (χ2v) is 4.89. The largest absolute Gasteiger partial charge is 0.481 e. The zero-order valence-corrected chi connectivity index (χ0v) is 11.2. The maximum absolute atomic E-state index is 10.5. The predicted octanol–water partition coefficient (Wildman–Crippen LogP) is 2.63. The normalized spacial score (nSPS) is 10.4. The van der Waals surface area contributed by atoms with E-state index < -0.39 is 5.97 Å². The van der Waals surface area contributed by atoms with Gasteiger partial charge in [0.15, 0.2) is 0 Å². The highest BCUT2D eigenvalue weighted by Crippen LogP contribution is 2.20. The van der Waals surface area contributed by atoms with Crippen molar-refractivity contribution in [2.75, 3.05) is 0 Å². The molecule has 4 nitrogen and oxygen atoms in total. The quantitative estimate of drug-likeness (QED) is 0.869. The first kappa shape index (κ1) is 12.1. The smallest absolute Gasteiger partial charge is 0.305 e. The average Bonchev–Trinajstić information content (AvgIpc) is 2.75. The average molecular weight is 342 g/mol. The highest BCUT2D eigenvalue weighted by atomic mass is 127. The van der Waals surface area contributed by atoms with Crippen molar-refractivity contribution in [3.8, 4) is 11.1 Å². The van der Waals surface area contributed by atoms with Crippen LogP contribution in [0.4, 0.5) is 0 Å². The van der Waals surface area contributed by atoms with Crippen LogP contribution in [-0.2, 0) is 11.3 Å². The summed E-state index contributed by atoms with van der Waals surface area (Å²) < 4.78 is 2.82. The fourth-order valence-corrected chi connectivity index (χ4v) is 2.06. The van der Waals surface area contributed by atoms with E-state index >= 15 is 0 Å². The van der Waals surface area contributed by atoms with Gasteiger partial charge in [-0.25, -0.2) is 0 Å². The molecule has 0 atom stereocenters. The molecule has 0 unspecified atom stereocenters. The van der Waals surface area contributed by atoms with Crippen molar-refractivity contribution in [3.63, 3.8) is 0 Å². The molecule has 0 fully saturated rings. The minimum atomic E-state index is -0.809. The van der Waals surface area contributed by atoms with Gasteiger partial charge >= 0.3 is 5.97 Å². The molecule has 5 heteroatoms. The second-order valence-electron chi connectivity index (χ2n) is 3.65. The topological polar surface area (TPSA) is 55.1 Å². The lowest BCUT2D eigenvalue weighted by Crippen LogP contribution is -2.04. The molecule has 2 rings (SSSR count). The Bertz CT molecular complexity index is 537. The number of aryl methyl sites for hydroxylation is 1. The molecule has 88 valence electrons. The number of benzene rings is 1. The van der Waals surface area contributed by atoms with Crippen LogP contribution in [0.15, 0.2) is 36.7 Å². The highest BCUT2D eigenvalue weighted by molar-refractivity contribution is 14.1. The van der Waals surface area contributed by atoms with Crippen LogP contribution in [0.1, 0.15) is 6.42 Å². The molecule has 0 radical (unpaired) electrons. The van der Waals surface area contributed by atoms with Crippen molar-refractivity contribution < 1.29 is 9.90 Å². The number of hydrogen-bond acceptors (Lipinski definition) is 2. The Hall–Kier alpha value is -1.37. The zero-order chi connectivity index (χ0) is 12.3. The number of aromatic nitrogens is 2. The molecule has 0 spiro atoms. The summed E-state index contributed by atoms with van der Waals surface area (Å²) in [5, 5.41) is 12.7. The third-order valence-corrected chi connectivity index (χ3v) is 3.02. The highest BCUT2D eigenvalue weighted by Gasteiger charge is 2.03. The lowest BCUT2D eigenvalue weighted by molar-refractivity contribution is -0.137. The van der Waals surface area contributed by atoms with Crippen LogP contribution in [-0.4, -0.2) is 20.9 Å². The Labute approximate surface area is 112 Å². The summed E-state index contributed by atoms with van der Waals surface area (Å²) in [6, 6.07) is 8.10. The van der Waals surface area contributed by atoms with Gasteiger partial charge in [-0.2, -0.15) is 5.10 Å². The van der Waals surface area contributed by atoms with Crippen molar-refractivity contribution in [2.24, 2.45) is 0 Å². The third kappa shape index (κ3) is 3.29. The number of carbonyl (C=O) groups is 1. The monoisotopic (exact) mass is 342 g/mol. The summed E-state index contributed by atoms with van der Waals surface area (Å²) in [6.45, 7) is 0.402. The van der Waals surface area contributed by atoms with Crippen LogP contribution in [0.25, 0.3) is 11.1 Å². The van der Waals surface area contributed by atoms with Gasteiger partial charge in [-0.15, -0.1) is 0 Å². The van der Waals surface area contributed by atoms with E-state index in [0.717, 1.165) is 11.1 Å². The summed E-state index contributed by atoms with van der Waals surface area (Å²) in [5.74, 6) is -0.809. The fraction of sp³-hybridized carbons (Fsp3) is 0.167. The number of aliphatic carboxylic acids is 1. The van der Waals surface area contributed by atoms with Crippen LogP contribution in [0.2, 0.25) is 0 Å². The van der Waals surface area contributed by atoms with Crippen LogP contribution in [0, 0.1) is 3.57 Å². The first-order valence-electron chi connectivity index (χ1n) is 5.15. The molecule has 1 N–H and O–H groups in total. The fourth-order valence-electron chi connectivity index (χ4n) is 1.51. The molecular weight excluding hydrogens is 331 g/mol. The molecule has 2 aromatic rings. The maximum Gasteiger partial charge on any atom is 0.305 e. The van der Waals surface area contributed by atoms with Gasteiger partial charge in [0.05, 0.1) is 19.2 Å².